The third-order valence-corrected chi connectivity index (χ3v) is 3.64. The Hall–Kier alpha value is -1.34. The second-order valence-electron chi connectivity index (χ2n) is 3.05. The van der Waals surface area contributed by atoms with Crippen LogP contribution in [0.3, 0.4) is 0 Å². The van der Waals surface area contributed by atoms with Crippen molar-refractivity contribution >= 4 is 15.8 Å². The number of pyridine rings is 1. The average molecular weight is 231 g/mol. The Morgan fingerprint density at radius 2 is 2.07 bits per heavy atom. The molecule has 0 atom stereocenters. The molecule has 0 unspecified atom stereocenters. The van der Waals surface area contributed by atoms with E-state index >= 15 is 0 Å². The van der Waals surface area contributed by atoms with E-state index in [-0.39, 0.29) is 16.5 Å². The normalized spacial score (nSPS) is 11.7. The molecule has 0 saturated heterocycles. The molecule has 0 spiro atoms. The number of rotatable bonds is 3. The lowest BCUT2D eigenvalue weighted by atomic mass is 10.4. The number of nitrogens with two attached hydrogens (primary N) is 1. The highest BCUT2D eigenvalue weighted by Gasteiger charge is 2.19. The van der Waals surface area contributed by atoms with E-state index in [1.165, 1.54) is 33.5 Å². The Labute approximate surface area is 88.7 Å². The van der Waals surface area contributed by atoms with Crippen LogP contribution in [0.4, 0.5) is 5.82 Å². The number of nitrogen functional groups attached to an aromatic ring is 1. The standard InChI is InChI=1S/C8H13N3O3S/c1-11(2)15(12,13)6-4-7(14-3)8(9)10-5-6/h4-5H,1-3H3,(H2,9,10). The number of methoxy groups -OCH3 is 1. The third kappa shape index (κ3) is 2.18. The lowest BCUT2D eigenvalue weighted by Gasteiger charge is -2.12. The number of anilines is 1. The number of hydrogen-bond donors (Lipinski definition) is 1. The van der Waals surface area contributed by atoms with Gasteiger partial charge in [0, 0.05) is 26.4 Å². The molecule has 6 nitrogen and oxygen atoms in total. The van der Waals surface area contributed by atoms with Crippen LogP contribution in [-0.4, -0.2) is 38.9 Å². The topological polar surface area (TPSA) is 85.5 Å². The van der Waals surface area contributed by atoms with Crippen LogP contribution in [0.15, 0.2) is 17.2 Å². The summed E-state index contributed by atoms with van der Waals surface area (Å²) in [7, 11) is 0.796. The number of aromatic nitrogens is 1. The molecule has 84 valence electrons. The van der Waals surface area contributed by atoms with Crippen molar-refractivity contribution in [2.75, 3.05) is 26.9 Å². The molecule has 0 aliphatic heterocycles. The van der Waals surface area contributed by atoms with Gasteiger partial charge in [-0.25, -0.2) is 17.7 Å². The lowest BCUT2D eigenvalue weighted by Crippen LogP contribution is -2.22. The summed E-state index contributed by atoms with van der Waals surface area (Å²) in [5.74, 6) is 0.410. The summed E-state index contributed by atoms with van der Waals surface area (Å²) in [4.78, 5) is 3.80. The van der Waals surface area contributed by atoms with Crippen molar-refractivity contribution in [2.24, 2.45) is 0 Å². The van der Waals surface area contributed by atoms with E-state index in [2.05, 4.69) is 4.98 Å². The minimum absolute atomic E-state index is 0.0542. The predicted molar refractivity (Wildman–Crippen MR) is 56.1 cm³/mol. The van der Waals surface area contributed by atoms with Gasteiger partial charge < -0.3 is 10.5 Å². The summed E-state index contributed by atoms with van der Waals surface area (Å²) in [6.45, 7) is 0. The highest BCUT2D eigenvalue weighted by atomic mass is 32.2. The Balaban J connectivity index is 3.29. The molecule has 0 aromatic carbocycles. The monoisotopic (exact) mass is 231 g/mol. The first kappa shape index (κ1) is 11.7. The minimum Gasteiger partial charge on any atom is -0.493 e. The Morgan fingerprint density at radius 3 is 2.53 bits per heavy atom. The van der Waals surface area contributed by atoms with Crippen LogP contribution < -0.4 is 10.5 Å². The van der Waals surface area contributed by atoms with Crippen molar-refractivity contribution in [3.8, 4) is 5.75 Å². The van der Waals surface area contributed by atoms with Crippen LogP contribution in [0.5, 0.6) is 5.75 Å². The zero-order chi connectivity index (χ0) is 11.6. The summed E-state index contributed by atoms with van der Waals surface area (Å²) >= 11 is 0. The van der Waals surface area contributed by atoms with Gasteiger partial charge in [0.05, 0.1) is 7.11 Å². The summed E-state index contributed by atoms with van der Waals surface area (Å²) in [5.41, 5.74) is 5.47. The maximum atomic E-state index is 11.7. The summed E-state index contributed by atoms with van der Waals surface area (Å²) in [5, 5.41) is 0. The third-order valence-electron chi connectivity index (χ3n) is 1.86. The number of nitrogens with zero attached hydrogens (tertiary/aromatic N) is 2. The molecule has 0 bridgehead atoms. The van der Waals surface area contributed by atoms with Gasteiger partial charge in [-0.15, -0.1) is 0 Å². The Kier molecular flexibility index (Phi) is 3.15. The molecule has 0 amide bonds. The maximum absolute atomic E-state index is 11.7. The molecular weight excluding hydrogens is 218 g/mol. The van der Waals surface area contributed by atoms with Gasteiger partial charge in [-0.2, -0.15) is 0 Å². The van der Waals surface area contributed by atoms with E-state index in [1.807, 2.05) is 0 Å². The molecule has 2 N–H and O–H groups in total. The second kappa shape index (κ2) is 4.03. The molecular formula is C8H13N3O3S. The summed E-state index contributed by atoms with van der Waals surface area (Å²) in [6.07, 6.45) is 1.20. The highest BCUT2D eigenvalue weighted by molar-refractivity contribution is 7.89. The molecule has 1 aromatic rings. The van der Waals surface area contributed by atoms with Gasteiger partial charge in [0.1, 0.15) is 4.90 Å². The molecule has 7 heteroatoms. The predicted octanol–water partition coefficient (Wildman–Crippen LogP) is -0.0773. The van der Waals surface area contributed by atoms with Gasteiger partial charge in [0.2, 0.25) is 10.0 Å². The van der Waals surface area contributed by atoms with Gasteiger partial charge >= 0.3 is 0 Å². The Morgan fingerprint density at radius 1 is 1.47 bits per heavy atom. The van der Waals surface area contributed by atoms with Crippen LogP contribution >= 0.6 is 0 Å². The van der Waals surface area contributed by atoms with E-state index in [9.17, 15) is 8.42 Å². The van der Waals surface area contributed by atoms with Gasteiger partial charge in [-0.3, -0.25) is 0 Å². The quantitative estimate of drug-likeness (QED) is 0.786. The van der Waals surface area contributed by atoms with Gasteiger partial charge in [-0.1, -0.05) is 0 Å². The number of hydrogen-bond acceptors (Lipinski definition) is 5. The van der Waals surface area contributed by atoms with Crippen molar-refractivity contribution in [3.63, 3.8) is 0 Å². The molecule has 0 saturated carbocycles. The largest absolute Gasteiger partial charge is 0.493 e. The van der Waals surface area contributed by atoms with Crippen LogP contribution in [-0.2, 0) is 10.0 Å². The van der Waals surface area contributed by atoms with Gasteiger partial charge in [0.25, 0.3) is 0 Å². The lowest BCUT2D eigenvalue weighted by molar-refractivity contribution is 0.413. The molecule has 0 aliphatic rings. The highest BCUT2D eigenvalue weighted by Crippen LogP contribution is 2.23. The first-order valence-electron chi connectivity index (χ1n) is 4.11. The number of ether oxygens (including phenoxy) is 1. The molecule has 0 radical (unpaired) electrons. The molecule has 1 heterocycles. The van der Waals surface area contributed by atoms with Gasteiger partial charge in [-0.05, 0) is 0 Å². The van der Waals surface area contributed by atoms with Crippen LogP contribution in [0, 0.1) is 0 Å². The van der Waals surface area contributed by atoms with Gasteiger partial charge in [0.15, 0.2) is 11.6 Å². The minimum atomic E-state index is -3.49. The molecule has 15 heavy (non-hydrogen) atoms. The van der Waals surface area contributed by atoms with Crippen LogP contribution in [0.25, 0.3) is 0 Å². The van der Waals surface area contributed by atoms with Crippen LogP contribution in [0.1, 0.15) is 0 Å². The summed E-state index contributed by atoms with van der Waals surface area (Å²) < 4.78 is 29.4. The average Bonchev–Trinajstić information content (AvgIpc) is 2.18. The smallest absolute Gasteiger partial charge is 0.244 e. The molecule has 0 fully saturated rings. The molecule has 1 rings (SSSR count). The fraction of sp³-hybridized carbons (Fsp3) is 0.375. The van der Waals surface area contributed by atoms with Crippen molar-refractivity contribution in [1.29, 1.82) is 0 Å². The zero-order valence-corrected chi connectivity index (χ0v) is 9.58. The maximum Gasteiger partial charge on any atom is 0.244 e. The summed E-state index contributed by atoms with van der Waals surface area (Å²) in [6, 6.07) is 1.34. The fourth-order valence-electron chi connectivity index (χ4n) is 0.953. The van der Waals surface area contributed by atoms with Crippen molar-refractivity contribution in [2.45, 2.75) is 4.90 Å². The van der Waals surface area contributed by atoms with Crippen molar-refractivity contribution in [1.82, 2.24) is 9.29 Å². The second-order valence-corrected chi connectivity index (χ2v) is 5.20. The van der Waals surface area contributed by atoms with E-state index in [0.717, 1.165) is 4.31 Å². The first-order valence-corrected chi connectivity index (χ1v) is 5.55. The molecule has 0 aliphatic carbocycles. The van der Waals surface area contributed by atoms with E-state index in [1.54, 1.807) is 0 Å². The number of sulfonamides is 1. The first-order chi connectivity index (χ1) is 6.89. The van der Waals surface area contributed by atoms with Crippen molar-refractivity contribution < 1.29 is 13.2 Å². The fourth-order valence-corrected chi connectivity index (χ4v) is 1.82. The van der Waals surface area contributed by atoms with Crippen LogP contribution in [0.2, 0.25) is 0 Å². The van der Waals surface area contributed by atoms with E-state index in [4.69, 9.17) is 10.5 Å². The zero-order valence-electron chi connectivity index (χ0n) is 8.76. The molecule has 1 aromatic heterocycles. The van der Waals surface area contributed by atoms with E-state index < -0.39 is 10.0 Å². The SMILES string of the molecule is COc1cc(S(=O)(=O)N(C)C)cnc1N. The Bertz CT molecular complexity index is 456. The van der Waals surface area contributed by atoms with Crippen molar-refractivity contribution in [3.05, 3.63) is 12.3 Å². The van der Waals surface area contributed by atoms with E-state index in [0.29, 0.717) is 0 Å².